The van der Waals surface area contributed by atoms with E-state index in [0.29, 0.717) is 11.4 Å². The largest absolute Gasteiger partial charge is 0.352 e. The number of nitrogens with zero attached hydrogens (tertiary/aromatic N) is 2. The minimum absolute atomic E-state index is 0.0136. The van der Waals surface area contributed by atoms with Gasteiger partial charge in [-0.15, -0.1) is 0 Å². The van der Waals surface area contributed by atoms with Crippen molar-refractivity contribution in [2.75, 3.05) is 10.8 Å². The number of benzene rings is 3. The molecule has 11 heteroatoms. The monoisotopic (exact) mass is 609 g/mol. The Morgan fingerprint density at radius 3 is 2.13 bits per heavy atom. The van der Waals surface area contributed by atoms with Crippen LogP contribution in [0.3, 0.4) is 0 Å². The lowest BCUT2D eigenvalue weighted by molar-refractivity contribution is -0.140. The molecule has 3 aromatic carbocycles. The van der Waals surface area contributed by atoms with Crippen LogP contribution in [0.1, 0.15) is 32.8 Å². The van der Waals surface area contributed by atoms with Crippen LogP contribution in [-0.2, 0) is 26.2 Å². The van der Waals surface area contributed by atoms with Crippen molar-refractivity contribution in [2.45, 2.75) is 50.7 Å². The summed E-state index contributed by atoms with van der Waals surface area (Å²) in [5.41, 5.74) is 0.772. The number of carbonyl (C=O) groups is 2. The molecular formula is C28H30Cl3N3O4S. The fourth-order valence-electron chi connectivity index (χ4n) is 4.00. The van der Waals surface area contributed by atoms with Crippen LogP contribution in [0.25, 0.3) is 0 Å². The zero-order valence-corrected chi connectivity index (χ0v) is 24.9. The molecule has 208 valence electrons. The average molecular weight is 611 g/mol. The van der Waals surface area contributed by atoms with Crippen LogP contribution in [0.4, 0.5) is 5.69 Å². The Balaban J connectivity index is 2.09. The van der Waals surface area contributed by atoms with Gasteiger partial charge in [0.2, 0.25) is 11.8 Å². The summed E-state index contributed by atoms with van der Waals surface area (Å²) in [5.74, 6) is -0.931. The van der Waals surface area contributed by atoms with E-state index in [1.807, 2.05) is 13.8 Å². The Kier molecular flexibility index (Phi) is 10.7. The van der Waals surface area contributed by atoms with Gasteiger partial charge in [-0.05, 0) is 62.2 Å². The maximum atomic E-state index is 14.0. The molecule has 7 nitrogen and oxygen atoms in total. The normalized spacial score (nSPS) is 12.2. The highest BCUT2D eigenvalue weighted by atomic mass is 35.5. The van der Waals surface area contributed by atoms with E-state index in [2.05, 4.69) is 5.32 Å². The highest BCUT2D eigenvalue weighted by Gasteiger charge is 2.34. The van der Waals surface area contributed by atoms with Crippen LogP contribution in [0, 0.1) is 0 Å². The molecule has 0 aliphatic heterocycles. The van der Waals surface area contributed by atoms with Crippen molar-refractivity contribution in [1.82, 2.24) is 10.2 Å². The fraction of sp³-hybridized carbons (Fsp3) is 0.286. The average Bonchev–Trinajstić information content (AvgIpc) is 2.90. The Hall–Kier alpha value is -2.78. The molecule has 0 aliphatic rings. The third kappa shape index (κ3) is 7.66. The van der Waals surface area contributed by atoms with E-state index < -0.39 is 28.5 Å². The molecule has 0 saturated heterocycles. The van der Waals surface area contributed by atoms with Crippen molar-refractivity contribution < 1.29 is 18.0 Å². The van der Waals surface area contributed by atoms with E-state index in [9.17, 15) is 18.0 Å². The molecule has 1 N–H and O–H groups in total. The lowest BCUT2D eigenvalue weighted by atomic mass is 10.1. The molecule has 0 aliphatic carbocycles. The number of hydrogen-bond acceptors (Lipinski definition) is 4. The van der Waals surface area contributed by atoms with Crippen LogP contribution in [-0.4, -0.2) is 43.8 Å². The van der Waals surface area contributed by atoms with Crippen LogP contribution < -0.4 is 9.62 Å². The third-order valence-corrected chi connectivity index (χ3v) is 8.73. The summed E-state index contributed by atoms with van der Waals surface area (Å²) in [6, 6.07) is 18.2. The highest BCUT2D eigenvalue weighted by molar-refractivity contribution is 7.92. The van der Waals surface area contributed by atoms with Gasteiger partial charge in [0, 0.05) is 17.6 Å². The number of anilines is 1. The zero-order chi connectivity index (χ0) is 28.7. The Morgan fingerprint density at radius 1 is 0.897 bits per heavy atom. The molecule has 0 saturated carbocycles. The summed E-state index contributed by atoms with van der Waals surface area (Å²) in [6.07, 6.45) is 0.307. The van der Waals surface area contributed by atoms with Crippen molar-refractivity contribution in [1.29, 1.82) is 0 Å². The predicted octanol–water partition coefficient (Wildman–Crippen LogP) is 6.17. The highest BCUT2D eigenvalue weighted by Crippen LogP contribution is 2.35. The minimum atomic E-state index is -4.25. The van der Waals surface area contributed by atoms with Crippen molar-refractivity contribution in [3.05, 3.63) is 93.4 Å². The number of amides is 2. The molecule has 0 aromatic heterocycles. The number of hydrogen-bond donors (Lipinski definition) is 1. The smallest absolute Gasteiger partial charge is 0.264 e. The molecule has 2 amide bonds. The summed E-state index contributed by atoms with van der Waals surface area (Å²) in [7, 11) is -4.25. The summed E-state index contributed by atoms with van der Waals surface area (Å²) >= 11 is 18.7. The molecule has 0 heterocycles. The van der Waals surface area contributed by atoms with E-state index in [1.165, 1.54) is 29.2 Å². The standard InChI is InChI=1S/C28H30Cl3N3O4S/c1-4-24(28(36)32-19(2)3)33(17-20-13-15-21(29)16-14-20)26(35)18-34(25-12-8-11-23(30)27(25)31)39(37,38)22-9-6-5-7-10-22/h5-16,19,24H,4,17-18H2,1-3H3,(H,32,36)/t24-/m1/s1. The molecule has 0 fully saturated rings. The van der Waals surface area contributed by atoms with Gasteiger partial charge in [-0.2, -0.15) is 0 Å². The van der Waals surface area contributed by atoms with E-state index >= 15 is 0 Å². The first-order valence-corrected chi connectivity index (χ1v) is 14.9. The first-order valence-electron chi connectivity index (χ1n) is 12.3. The topological polar surface area (TPSA) is 86.8 Å². The molecule has 3 aromatic rings. The summed E-state index contributed by atoms with van der Waals surface area (Å²) in [5, 5.41) is 3.50. The number of carbonyl (C=O) groups excluding carboxylic acids is 2. The summed E-state index contributed by atoms with van der Waals surface area (Å²) < 4.78 is 28.6. The second-order valence-corrected chi connectivity index (χ2v) is 12.2. The molecule has 3 rings (SSSR count). The van der Waals surface area contributed by atoms with Crippen molar-refractivity contribution >= 4 is 62.3 Å². The first-order chi connectivity index (χ1) is 18.4. The lowest BCUT2D eigenvalue weighted by Gasteiger charge is -2.33. The van der Waals surface area contributed by atoms with Crippen LogP contribution in [0.2, 0.25) is 15.1 Å². The van der Waals surface area contributed by atoms with Crippen molar-refractivity contribution in [3.63, 3.8) is 0 Å². The SMILES string of the molecule is CC[C@H](C(=O)NC(C)C)N(Cc1ccc(Cl)cc1)C(=O)CN(c1cccc(Cl)c1Cl)S(=O)(=O)c1ccccc1. The van der Waals surface area contributed by atoms with E-state index in [1.54, 1.807) is 55.5 Å². The maximum Gasteiger partial charge on any atom is 0.264 e. The van der Waals surface area contributed by atoms with Gasteiger partial charge in [0.1, 0.15) is 12.6 Å². The summed E-state index contributed by atoms with van der Waals surface area (Å²) in [6.45, 7) is 4.88. The molecule has 0 unspecified atom stereocenters. The molecule has 0 radical (unpaired) electrons. The van der Waals surface area contributed by atoms with Crippen LogP contribution in [0.5, 0.6) is 0 Å². The number of nitrogens with one attached hydrogen (secondary N) is 1. The van der Waals surface area contributed by atoms with Gasteiger partial charge in [0.25, 0.3) is 10.0 Å². The van der Waals surface area contributed by atoms with E-state index in [-0.39, 0.29) is 39.1 Å². The van der Waals surface area contributed by atoms with Gasteiger partial charge in [-0.1, -0.05) is 78.1 Å². The van der Waals surface area contributed by atoms with Crippen LogP contribution >= 0.6 is 34.8 Å². The molecule has 39 heavy (non-hydrogen) atoms. The van der Waals surface area contributed by atoms with Crippen LogP contribution in [0.15, 0.2) is 77.7 Å². The number of sulfonamides is 1. The zero-order valence-electron chi connectivity index (χ0n) is 21.8. The Bertz CT molecular complexity index is 1400. The fourth-order valence-corrected chi connectivity index (χ4v) is 6.03. The van der Waals surface area contributed by atoms with Crippen molar-refractivity contribution in [2.24, 2.45) is 0 Å². The maximum absolute atomic E-state index is 14.0. The third-order valence-electron chi connectivity index (χ3n) is 5.89. The van der Waals surface area contributed by atoms with Gasteiger partial charge in [0.05, 0.1) is 20.6 Å². The molecule has 1 atom stereocenters. The van der Waals surface area contributed by atoms with Gasteiger partial charge in [0.15, 0.2) is 0 Å². The Morgan fingerprint density at radius 2 is 1.54 bits per heavy atom. The Labute approximate surface area is 244 Å². The lowest BCUT2D eigenvalue weighted by Crippen LogP contribution is -2.53. The molecule has 0 bridgehead atoms. The minimum Gasteiger partial charge on any atom is -0.352 e. The van der Waals surface area contributed by atoms with Gasteiger partial charge >= 0.3 is 0 Å². The quantitative estimate of drug-likeness (QED) is 0.281. The van der Waals surface area contributed by atoms with Gasteiger partial charge in [-0.3, -0.25) is 13.9 Å². The second-order valence-electron chi connectivity index (χ2n) is 9.13. The number of rotatable bonds is 11. The molecule has 0 spiro atoms. The van der Waals surface area contributed by atoms with E-state index in [4.69, 9.17) is 34.8 Å². The van der Waals surface area contributed by atoms with Gasteiger partial charge in [-0.25, -0.2) is 8.42 Å². The van der Waals surface area contributed by atoms with E-state index in [0.717, 1.165) is 9.87 Å². The predicted molar refractivity (Wildman–Crippen MR) is 157 cm³/mol. The molecular weight excluding hydrogens is 581 g/mol. The van der Waals surface area contributed by atoms with Gasteiger partial charge < -0.3 is 10.2 Å². The first kappa shape index (κ1) is 30.8. The van der Waals surface area contributed by atoms with Crippen molar-refractivity contribution in [3.8, 4) is 0 Å². The summed E-state index contributed by atoms with van der Waals surface area (Å²) in [4.78, 5) is 28.5. The number of halogens is 3. The second kappa shape index (κ2) is 13.5.